The predicted octanol–water partition coefficient (Wildman–Crippen LogP) is 2.82. The molecule has 0 fully saturated rings. The van der Waals surface area contributed by atoms with Gasteiger partial charge in [0, 0.05) is 0 Å². The van der Waals surface area contributed by atoms with Crippen LogP contribution in [-0.2, 0) is 6.54 Å². The first-order valence-corrected chi connectivity index (χ1v) is 8.31. The van der Waals surface area contributed by atoms with Crippen LogP contribution in [0.2, 0.25) is 0 Å². The molecule has 0 spiro atoms. The maximum Gasteiger partial charge on any atom is 0.177 e. The second-order valence-corrected chi connectivity index (χ2v) is 6.08. The number of hydrazone groups is 1. The van der Waals surface area contributed by atoms with Gasteiger partial charge in [0.2, 0.25) is 0 Å². The zero-order valence-electron chi connectivity index (χ0n) is 12.7. The van der Waals surface area contributed by atoms with Crippen LogP contribution in [0.25, 0.3) is 5.69 Å². The molecule has 6 nitrogen and oxygen atoms in total. The van der Waals surface area contributed by atoms with Crippen LogP contribution in [-0.4, -0.2) is 20.6 Å². The molecule has 2 N–H and O–H groups in total. The lowest BCUT2D eigenvalue weighted by molar-refractivity contribution is 0.288. The summed E-state index contributed by atoms with van der Waals surface area (Å²) in [5.74, 6) is 0.785. The van der Waals surface area contributed by atoms with Gasteiger partial charge in [0.05, 0.1) is 24.0 Å². The molecule has 3 aromatic rings. The fraction of sp³-hybridized carbons (Fsp3) is 0.0588. The molecule has 1 aliphatic rings. The average Bonchev–Trinajstić information content (AvgIpc) is 3.23. The summed E-state index contributed by atoms with van der Waals surface area (Å²) < 4.78 is 2.70. The quantitative estimate of drug-likeness (QED) is 0.728. The molecule has 2 aromatic carbocycles. The number of nitrogens with one attached hydrogen (secondary N) is 2. The molecule has 0 saturated carbocycles. The van der Waals surface area contributed by atoms with E-state index < -0.39 is 0 Å². The number of hydrogen-bond acceptors (Lipinski definition) is 5. The number of para-hydroxylation sites is 1. The minimum Gasteiger partial charge on any atom is -0.266 e. The highest BCUT2D eigenvalue weighted by atomic mass is 79.9. The first-order chi connectivity index (χ1) is 11.8. The summed E-state index contributed by atoms with van der Waals surface area (Å²) in [5, 5.41) is 10.8. The topological polar surface area (TPSA) is 57.5 Å². The Morgan fingerprint density at radius 2 is 1.67 bits per heavy atom. The van der Waals surface area contributed by atoms with Gasteiger partial charge in [-0.25, -0.2) is 10.2 Å². The number of amidine groups is 1. The molecule has 24 heavy (non-hydrogen) atoms. The van der Waals surface area contributed by atoms with Crippen LogP contribution in [0, 0.1) is 0 Å². The van der Waals surface area contributed by atoms with Crippen molar-refractivity contribution in [2.75, 3.05) is 0 Å². The number of aromatic nitrogens is 2. The van der Waals surface area contributed by atoms with Crippen molar-refractivity contribution in [3.8, 4) is 5.69 Å². The molecular weight excluding hydrogens is 368 g/mol. The highest BCUT2D eigenvalue weighted by Gasteiger charge is 2.24. The molecule has 0 aliphatic carbocycles. The fourth-order valence-electron chi connectivity index (χ4n) is 2.57. The first kappa shape index (κ1) is 14.9. The van der Waals surface area contributed by atoms with Crippen molar-refractivity contribution in [1.82, 2.24) is 25.9 Å². The standard InChI is InChI=1S/C17H15BrN6/c18-16-15(11-19-24(16)14-9-5-2-6-10-14)17-20-21-22-23(17)12-13-7-3-1-4-8-13/h1-11,21-22H,12H2. The van der Waals surface area contributed by atoms with Gasteiger partial charge in [0.15, 0.2) is 5.84 Å². The number of nitrogens with zero attached hydrogens (tertiary/aromatic N) is 4. The predicted molar refractivity (Wildman–Crippen MR) is 96.1 cm³/mol. The van der Waals surface area contributed by atoms with Gasteiger partial charge in [-0.2, -0.15) is 5.10 Å². The van der Waals surface area contributed by atoms with Crippen molar-refractivity contribution in [1.29, 1.82) is 0 Å². The summed E-state index contributed by atoms with van der Waals surface area (Å²) in [6.45, 7) is 0.690. The molecule has 4 rings (SSSR count). The Balaban J connectivity index is 1.63. The lowest BCUT2D eigenvalue weighted by Gasteiger charge is -2.18. The van der Waals surface area contributed by atoms with Crippen LogP contribution < -0.4 is 11.1 Å². The Labute approximate surface area is 147 Å². The van der Waals surface area contributed by atoms with Gasteiger partial charge >= 0.3 is 0 Å². The fourth-order valence-corrected chi connectivity index (χ4v) is 3.15. The molecule has 7 heteroatoms. The minimum atomic E-state index is 0.690. The van der Waals surface area contributed by atoms with Gasteiger partial charge in [0.25, 0.3) is 0 Å². The van der Waals surface area contributed by atoms with E-state index in [1.165, 1.54) is 5.56 Å². The smallest absolute Gasteiger partial charge is 0.177 e. The van der Waals surface area contributed by atoms with Crippen molar-refractivity contribution < 1.29 is 0 Å². The lowest BCUT2D eigenvalue weighted by Crippen LogP contribution is -2.40. The zero-order valence-corrected chi connectivity index (χ0v) is 14.3. The number of halogens is 1. The molecule has 0 amide bonds. The molecule has 0 unspecified atom stereocenters. The Morgan fingerprint density at radius 3 is 2.42 bits per heavy atom. The molecule has 120 valence electrons. The number of hydrazine groups is 2. The third-order valence-electron chi connectivity index (χ3n) is 3.74. The van der Waals surface area contributed by atoms with Crippen LogP contribution >= 0.6 is 15.9 Å². The third kappa shape index (κ3) is 2.79. The van der Waals surface area contributed by atoms with E-state index in [1.54, 1.807) is 0 Å². The first-order valence-electron chi connectivity index (χ1n) is 7.52. The van der Waals surface area contributed by atoms with Gasteiger partial charge in [0.1, 0.15) is 4.60 Å². The summed E-state index contributed by atoms with van der Waals surface area (Å²) in [7, 11) is 0. The van der Waals surface area contributed by atoms with Crippen molar-refractivity contribution in [2.45, 2.75) is 6.54 Å². The van der Waals surface area contributed by atoms with Crippen LogP contribution in [0.4, 0.5) is 0 Å². The number of rotatable bonds is 4. The van der Waals surface area contributed by atoms with E-state index in [-0.39, 0.29) is 0 Å². The van der Waals surface area contributed by atoms with Gasteiger partial charge in [-0.05, 0) is 33.6 Å². The molecule has 0 radical (unpaired) electrons. The third-order valence-corrected chi connectivity index (χ3v) is 4.50. The Kier molecular flexibility index (Phi) is 4.02. The van der Waals surface area contributed by atoms with E-state index in [9.17, 15) is 0 Å². The summed E-state index contributed by atoms with van der Waals surface area (Å²) in [6.07, 6.45) is 1.81. The number of hydrogen-bond donors (Lipinski definition) is 2. The summed E-state index contributed by atoms with van der Waals surface area (Å²) >= 11 is 3.65. The summed E-state index contributed by atoms with van der Waals surface area (Å²) in [5.41, 5.74) is 8.96. The Hall–Kier alpha value is -2.64. The molecule has 0 saturated heterocycles. The van der Waals surface area contributed by atoms with E-state index in [0.29, 0.717) is 6.54 Å². The van der Waals surface area contributed by atoms with E-state index >= 15 is 0 Å². The molecule has 1 aromatic heterocycles. The largest absolute Gasteiger partial charge is 0.266 e. The molecular formula is C17H15BrN6. The van der Waals surface area contributed by atoms with Gasteiger partial charge in [-0.15, -0.1) is 10.6 Å². The lowest BCUT2D eigenvalue weighted by atomic mass is 10.2. The Morgan fingerprint density at radius 1 is 0.958 bits per heavy atom. The van der Waals surface area contributed by atoms with E-state index in [1.807, 2.05) is 64.4 Å². The van der Waals surface area contributed by atoms with Crippen molar-refractivity contribution in [2.24, 2.45) is 5.10 Å². The van der Waals surface area contributed by atoms with Crippen LogP contribution in [0.1, 0.15) is 11.1 Å². The maximum absolute atomic E-state index is 4.48. The van der Waals surface area contributed by atoms with Gasteiger partial charge in [-0.1, -0.05) is 48.5 Å². The second-order valence-electron chi connectivity index (χ2n) is 5.33. The van der Waals surface area contributed by atoms with E-state index in [2.05, 4.69) is 49.3 Å². The maximum atomic E-state index is 4.48. The molecule has 0 atom stereocenters. The molecule has 0 bridgehead atoms. The van der Waals surface area contributed by atoms with Gasteiger partial charge < -0.3 is 0 Å². The highest BCUT2D eigenvalue weighted by molar-refractivity contribution is 9.10. The molecule has 1 aliphatic heterocycles. The van der Waals surface area contributed by atoms with Crippen molar-refractivity contribution >= 4 is 21.8 Å². The summed E-state index contributed by atoms with van der Waals surface area (Å²) in [4.78, 5) is 0. The van der Waals surface area contributed by atoms with Crippen molar-refractivity contribution in [3.05, 3.63) is 82.6 Å². The Bertz CT molecular complexity index is 859. The monoisotopic (exact) mass is 382 g/mol. The van der Waals surface area contributed by atoms with E-state index in [4.69, 9.17) is 0 Å². The van der Waals surface area contributed by atoms with Crippen LogP contribution in [0.15, 0.2) is 76.6 Å². The number of benzene rings is 2. The molecule has 2 heterocycles. The zero-order chi connectivity index (χ0) is 16.4. The highest BCUT2D eigenvalue weighted by Crippen LogP contribution is 2.23. The van der Waals surface area contributed by atoms with Crippen LogP contribution in [0.3, 0.4) is 0 Å². The SMILES string of the molecule is Brc1c(C2=NNNN2Cc2ccccc2)cnn1-c1ccccc1. The van der Waals surface area contributed by atoms with Gasteiger partial charge in [-0.3, -0.25) is 5.01 Å². The second kappa shape index (κ2) is 6.46. The minimum absolute atomic E-state index is 0.690. The van der Waals surface area contributed by atoms with E-state index in [0.717, 1.165) is 21.7 Å². The van der Waals surface area contributed by atoms with Crippen LogP contribution in [0.5, 0.6) is 0 Å². The summed E-state index contributed by atoms with van der Waals surface area (Å²) in [6, 6.07) is 20.2. The average molecular weight is 383 g/mol. The normalized spacial score (nSPS) is 13.7. The van der Waals surface area contributed by atoms with Crippen molar-refractivity contribution in [3.63, 3.8) is 0 Å².